The van der Waals surface area contributed by atoms with E-state index >= 15 is 0 Å². The molecule has 3 rings (SSSR count). The highest BCUT2D eigenvalue weighted by Gasteiger charge is 2.13. The topological polar surface area (TPSA) is 55.1 Å². The van der Waals surface area contributed by atoms with E-state index in [1.807, 2.05) is 35.8 Å². The molecule has 2 aromatic carbocycles. The van der Waals surface area contributed by atoms with Gasteiger partial charge in [-0.15, -0.1) is 0 Å². The van der Waals surface area contributed by atoms with E-state index in [1.54, 1.807) is 18.2 Å². The van der Waals surface area contributed by atoms with Crippen LogP contribution >= 0.6 is 11.6 Å². The van der Waals surface area contributed by atoms with Crippen molar-refractivity contribution in [3.8, 4) is 11.4 Å². The summed E-state index contributed by atoms with van der Waals surface area (Å²) in [7, 11) is 0. The van der Waals surface area contributed by atoms with E-state index in [2.05, 4.69) is 4.98 Å². The van der Waals surface area contributed by atoms with Crippen molar-refractivity contribution < 1.29 is 9.90 Å². The standard InChI is InChI=1S/C16H13ClN2O2/c1-2-19-14-7-6-12(17)9-13(14)18-15(19)10-4-3-5-11(8-10)16(20)21/h3-9H,2H2,1H3,(H,20,21). The highest BCUT2D eigenvalue weighted by Crippen LogP contribution is 2.27. The first-order valence-electron chi connectivity index (χ1n) is 6.59. The maximum absolute atomic E-state index is 11.1. The number of fused-ring (bicyclic) bond motifs is 1. The summed E-state index contributed by atoms with van der Waals surface area (Å²) in [6.07, 6.45) is 0. The molecule has 4 nitrogen and oxygen atoms in total. The van der Waals surface area contributed by atoms with Crippen LogP contribution in [-0.2, 0) is 6.54 Å². The number of carboxylic acid groups (broad SMARTS) is 1. The zero-order valence-electron chi connectivity index (χ0n) is 11.4. The first-order valence-corrected chi connectivity index (χ1v) is 6.97. The molecule has 0 unspecified atom stereocenters. The van der Waals surface area contributed by atoms with Crippen molar-refractivity contribution in [3.63, 3.8) is 0 Å². The van der Waals surface area contributed by atoms with Gasteiger partial charge in [-0.3, -0.25) is 0 Å². The van der Waals surface area contributed by atoms with E-state index in [0.717, 1.165) is 29.0 Å². The molecular formula is C16H13ClN2O2. The summed E-state index contributed by atoms with van der Waals surface area (Å²) < 4.78 is 2.05. The fraction of sp³-hybridized carbons (Fsp3) is 0.125. The fourth-order valence-electron chi connectivity index (χ4n) is 2.43. The number of carboxylic acids is 1. The number of imidazole rings is 1. The Kier molecular flexibility index (Phi) is 3.39. The molecule has 0 amide bonds. The Balaban J connectivity index is 2.24. The van der Waals surface area contributed by atoms with Crippen LogP contribution in [-0.4, -0.2) is 20.6 Å². The number of aromatic nitrogens is 2. The Morgan fingerprint density at radius 2 is 2.10 bits per heavy atom. The average molecular weight is 301 g/mol. The summed E-state index contributed by atoms with van der Waals surface area (Å²) in [6.45, 7) is 2.77. The highest BCUT2D eigenvalue weighted by molar-refractivity contribution is 6.31. The average Bonchev–Trinajstić information content (AvgIpc) is 2.84. The first kappa shape index (κ1) is 13.6. The molecule has 0 atom stereocenters. The van der Waals surface area contributed by atoms with Gasteiger partial charge in [-0.25, -0.2) is 9.78 Å². The molecule has 5 heteroatoms. The van der Waals surface area contributed by atoms with E-state index in [9.17, 15) is 4.79 Å². The van der Waals surface area contributed by atoms with E-state index in [1.165, 1.54) is 0 Å². The summed E-state index contributed by atoms with van der Waals surface area (Å²) >= 11 is 6.01. The molecule has 0 spiro atoms. The molecule has 0 saturated carbocycles. The number of hydrogen-bond donors (Lipinski definition) is 1. The van der Waals surface area contributed by atoms with Gasteiger partial charge in [0, 0.05) is 17.1 Å². The largest absolute Gasteiger partial charge is 0.478 e. The van der Waals surface area contributed by atoms with E-state index in [4.69, 9.17) is 16.7 Å². The number of nitrogens with zero attached hydrogens (tertiary/aromatic N) is 2. The van der Waals surface area contributed by atoms with Crippen molar-refractivity contribution in [1.29, 1.82) is 0 Å². The van der Waals surface area contributed by atoms with Gasteiger partial charge in [0.05, 0.1) is 16.6 Å². The minimum absolute atomic E-state index is 0.250. The minimum Gasteiger partial charge on any atom is -0.478 e. The van der Waals surface area contributed by atoms with Gasteiger partial charge >= 0.3 is 5.97 Å². The molecule has 0 aliphatic heterocycles. The molecule has 0 bridgehead atoms. The summed E-state index contributed by atoms with van der Waals surface area (Å²) in [4.78, 5) is 15.7. The van der Waals surface area contributed by atoms with Gasteiger partial charge in [-0.2, -0.15) is 0 Å². The lowest BCUT2D eigenvalue weighted by molar-refractivity contribution is 0.0697. The van der Waals surface area contributed by atoms with Gasteiger partial charge in [0.1, 0.15) is 5.82 Å². The van der Waals surface area contributed by atoms with Crippen molar-refractivity contribution in [2.24, 2.45) is 0 Å². The molecule has 0 radical (unpaired) electrons. The molecule has 0 saturated heterocycles. The SMILES string of the molecule is CCn1c(-c2cccc(C(=O)O)c2)nc2cc(Cl)ccc21. The smallest absolute Gasteiger partial charge is 0.335 e. The number of carbonyl (C=O) groups is 1. The normalized spacial score (nSPS) is 11.0. The van der Waals surface area contributed by atoms with Crippen LogP contribution in [0.5, 0.6) is 0 Å². The number of hydrogen-bond acceptors (Lipinski definition) is 2. The van der Waals surface area contributed by atoms with Gasteiger partial charge < -0.3 is 9.67 Å². The van der Waals surface area contributed by atoms with Crippen LogP contribution in [0.3, 0.4) is 0 Å². The third-order valence-electron chi connectivity index (χ3n) is 3.39. The molecule has 0 fully saturated rings. The second-order valence-corrected chi connectivity index (χ2v) is 5.14. The van der Waals surface area contributed by atoms with Crippen LogP contribution in [0.4, 0.5) is 0 Å². The lowest BCUT2D eigenvalue weighted by Gasteiger charge is -2.06. The van der Waals surface area contributed by atoms with Gasteiger partial charge in [-0.1, -0.05) is 23.7 Å². The number of benzene rings is 2. The molecule has 106 valence electrons. The van der Waals surface area contributed by atoms with E-state index < -0.39 is 5.97 Å². The zero-order chi connectivity index (χ0) is 15.0. The highest BCUT2D eigenvalue weighted by atomic mass is 35.5. The van der Waals surface area contributed by atoms with Crippen LogP contribution in [0.1, 0.15) is 17.3 Å². The van der Waals surface area contributed by atoms with Crippen molar-refractivity contribution in [1.82, 2.24) is 9.55 Å². The number of halogens is 1. The Bertz CT molecular complexity index is 839. The van der Waals surface area contributed by atoms with Gasteiger partial charge in [0.25, 0.3) is 0 Å². The summed E-state index contributed by atoms with van der Waals surface area (Å²) in [5.41, 5.74) is 2.82. The quantitative estimate of drug-likeness (QED) is 0.793. The van der Waals surface area contributed by atoms with Crippen LogP contribution in [0.2, 0.25) is 5.02 Å². The van der Waals surface area contributed by atoms with E-state index in [0.29, 0.717) is 5.02 Å². The van der Waals surface area contributed by atoms with Crippen molar-refractivity contribution in [2.45, 2.75) is 13.5 Å². The molecule has 1 aromatic heterocycles. The number of aromatic carboxylic acids is 1. The maximum atomic E-state index is 11.1. The van der Waals surface area contributed by atoms with Crippen LogP contribution in [0, 0.1) is 0 Å². The molecule has 1 heterocycles. The van der Waals surface area contributed by atoms with Gasteiger partial charge in [0.15, 0.2) is 0 Å². The molecule has 0 aliphatic rings. The fourth-order valence-corrected chi connectivity index (χ4v) is 2.60. The van der Waals surface area contributed by atoms with E-state index in [-0.39, 0.29) is 5.56 Å². The predicted molar refractivity (Wildman–Crippen MR) is 82.8 cm³/mol. The monoisotopic (exact) mass is 300 g/mol. The molecule has 21 heavy (non-hydrogen) atoms. The molecular weight excluding hydrogens is 288 g/mol. The second-order valence-electron chi connectivity index (χ2n) is 4.70. The maximum Gasteiger partial charge on any atom is 0.335 e. The Morgan fingerprint density at radius 3 is 2.81 bits per heavy atom. The predicted octanol–water partition coefficient (Wildman–Crippen LogP) is 4.07. The Labute approximate surface area is 126 Å². The second kappa shape index (κ2) is 5.22. The molecule has 3 aromatic rings. The Hall–Kier alpha value is -2.33. The number of aryl methyl sites for hydroxylation is 1. The van der Waals surface area contributed by atoms with Crippen LogP contribution in [0.25, 0.3) is 22.4 Å². The van der Waals surface area contributed by atoms with Gasteiger partial charge in [0.2, 0.25) is 0 Å². The summed E-state index contributed by atoms with van der Waals surface area (Å²) in [5, 5.41) is 9.75. The summed E-state index contributed by atoms with van der Waals surface area (Å²) in [5.74, 6) is -0.197. The molecule has 1 N–H and O–H groups in total. The molecule has 0 aliphatic carbocycles. The van der Waals surface area contributed by atoms with Crippen molar-refractivity contribution in [3.05, 3.63) is 53.1 Å². The van der Waals surface area contributed by atoms with Crippen molar-refractivity contribution in [2.75, 3.05) is 0 Å². The first-order chi connectivity index (χ1) is 10.1. The van der Waals surface area contributed by atoms with Crippen LogP contribution in [0.15, 0.2) is 42.5 Å². The Morgan fingerprint density at radius 1 is 1.29 bits per heavy atom. The number of rotatable bonds is 3. The third-order valence-corrected chi connectivity index (χ3v) is 3.63. The lowest BCUT2D eigenvalue weighted by Crippen LogP contribution is -2.00. The minimum atomic E-state index is -0.945. The van der Waals surface area contributed by atoms with Crippen LogP contribution < -0.4 is 0 Å². The third kappa shape index (κ3) is 2.38. The lowest BCUT2D eigenvalue weighted by atomic mass is 10.1. The summed E-state index contributed by atoms with van der Waals surface area (Å²) in [6, 6.07) is 12.4. The van der Waals surface area contributed by atoms with Crippen molar-refractivity contribution >= 4 is 28.6 Å². The zero-order valence-corrected chi connectivity index (χ0v) is 12.1. The van der Waals surface area contributed by atoms with Gasteiger partial charge in [-0.05, 0) is 37.3 Å².